The molecule has 10 heteroatoms. The zero-order valence-electron chi connectivity index (χ0n) is 17.8. The van der Waals surface area contributed by atoms with Crippen molar-refractivity contribution < 1.29 is 14.1 Å². The fourth-order valence-electron chi connectivity index (χ4n) is 2.89. The molecule has 0 aliphatic rings. The smallest absolute Gasteiger partial charge is 0.247 e. The molecule has 3 N–H and O–H groups in total. The van der Waals surface area contributed by atoms with Crippen LogP contribution in [0.3, 0.4) is 0 Å². The number of benzene rings is 2. The largest absolute Gasteiger partial charge is 0.495 e. The molecule has 0 radical (unpaired) electrons. The van der Waals surface area contributed by atoms with E-state index in [0.717, 1.165) is 0 Å². The van der Waals surface area contributed by atoms with Crippen molar-refractivity contribution in [3.8, 4) is 5.75 Å². The SMILES string of the molecule is C=CC(=O)Nc1ccc(OC)c(Nc2ncc(Cl)c(Nc3ccccc3P(C)(C)=O)n2)c1. The van der Waals surface area contributed by atoms with Crippen LogP contribution >= 0.6 is 18.7 Å². The number of halogens is 1. The molecule has 0 aliphatic carbocycles. The molecule has 1 heterocycles. The summed E-state index contributed by atoms with van der Waals surface area (Å²) in [6, 6.07) is 12.4. The lowest BCUT2D eigenvalue weighted by Gasteiger charge is -2.16. The van der Waals surface area contributed by atoms with Crippen LogP contribution in [0.25, 0.3) is 0 Å². The van der Waals surface area contributed by atoms with Gasteiger partial charge in [0.1, 0.15) is 17.9 Å². The summed E-state index contributed by atoms with van der Waals surface area (Å²) in [5.41, 5.74) is 1.73. The number of carbonyl (C=O) groups excluding carboxylic acids is 1. The Bertz CT molecular complexity index is 1210. The summed E-state index contributed by atoms with van der Waals surface area (Å²) in [4.78, 5) is 20.3. The summed E-state index contributed by atoms with van der Waals surface area (Å²) in [5, 5.41) is 9.91. The standard InChI is InChI=1S/C22H23ClN5O3P/c1-5-20(29)25-14-10-11-18(31-2)17(12-14)27-22-24-13-15(23)21(28-22)26-16-8-6-7-9-19(16)32(3,4)30/h5-13H,1H2,2-4H3,(H,25,29)(H2,24,26,27,28). The third-order valence-corrected chi connectivity index (χ3v) is 6.21. The fourth-order valence-corrected chi connectivity index (χ4v) is 4.18. The summed E-state index contributed by atoms with van der Waals surface area (Å²) in [6.45, 7) is 6.85. The Hall–Kier alpha value is -3.35. The molecule has 32 heavy (non-hydrogen) atoms. The highest BCUT2D eigenvalue weighted by Crippen LogP contribution is 2.38. The van der Waals surface area contributed by atoms with Crippen molar-refractivity contribution in [3.63, 3.8) is 0 Å². The maximum absolute atomic E-state index is 12.7. The molecule has 1 amide bonds. The van der Waals surface area contributed by atoms with Gasteiger partial charge in [-0.05, 0) is 49.7 Å². The summed E-state index contributed by atoms with van der Waals surface area (Å²) in [7, 11) is -0.997. The second-order valence-electron chi connectivity index (χ2n) is 7.12. The van der Waals surface area contributed by atoms with Gasteiger partial charge in [-0.25, -0.2) is 4.98 Å². The van der Waals surface area contributed by atoms with Gasteiger partial charge in [-0.15, -0.1) is 0 Å². The van der Waals surface area contributed by atoms with E-state index in [1.54, 1.807) is 31.5 Å². The van der Waals surface area contributed by atoms with E-state index in [1.165, 1.54) is 19.4 Å². The predicted octanol–water partition coefficient (Wildman–Crippen LogP) is 5.00. The van der Waals surface area contributed by atoms with Gasteiger partial charge in [-0.2, -0.15) is 4.98 Å². The minimum Gasteiger partial charge on any atom is -0.495 e. The van der Waals surface area contributed by atoms with Gasteiger partial charge >= 0.3 is 0 Å². The van der Waals surface area contributed by atoms with Crippen LogP contribution in [-0.4, -0.2) is 36.3 Å². The average molecular weight is 472 g/mol. The number of aromatic nitrogens is 2. The van der Waals surface area contributed by atoms with E-state index in [4.69, 9.17) is 16.3 Å². The molecule has 0 aliphatic heterocycles. The first-order valence-corrected chi connectivity index (χ1v) is 12.5. The van der Waals surface area contributed by atoms with Crippen molar-refractivity contribution >= 4 is 58.8 Å². The van der Waals surface area contributed by atoms with Crippen LogP contribution in [0.1, 0.15) is 0 Å². The second-order valence-corrected chi connectivity index (χ2v) is 10.7. The first-order valence-electron chi connectivity index (χ1n) is 9.54. The first kappa shape index (κ1) is 23.3. The van der Waals surface area contributed by atoms with Gasteiger partial charge in [0.2, 0.25) is 11.9 Å². The Kier molecular flexibility index (Phi) is 7.18. The molecule has 1 aromatic heterocycles. The molecular weight excluding hydrogens is 449 g/mol. The normalized spacial score (nSPS) is 10.9. The minimum absolute atomic E-state index is 0.246. The Morgan fingerprint density at radius 3 is 2.59 bits per heavy atom. The molecule has 0 bridgehead atoms. The maximum Gasteiger partial charge on any atom is 0.247 e. The van der Waals surface area contributed by atoms with Crippen LogP contribution in [0.4, 0.5) is 28.8 Å². The van der Waals surface area contributed by atoms with Gasteiger partial charge in [0.25, 0.3) is 0 Å². The molecule has 0 fully saturated rings. The third kappa shape index (κ3) is 5.66. The molecular formula is C22H23ClN5O3P. The Morgan fingerprint density at radius 1 is 1.16 bits per heavy atom. The number of ether oxygens (including phenoxy) is 1. The highest BCUT2D eigenvalue weighted by Gasteiger charge is 2.17. The number of rotatable bonds is 8. The summed E-state index contributed by atoms with van der Waals surface area (Å²) in [5.74, 6) is 0.785. The van der Waals surface area contributed by atoms with E-state index < -0.39 is 7.14 Å². The Morgan fingerprint density at radius 2 is 1.91 bits per heavy atom. The Balaban J connectivity index is 1.92. The number of hydrogen-bond donors (Lipinski definition) is 3. The van der Waals surface area contributed by atoms with Gasteiger partial charge < -0.3 is 25.3 Å². The summed E-state index contributed by atoms with van der Waals surface area (Å²) >= 11 is 6.31. The lowest BCUT2D eigenvalue weighted by atomic mass is 10.2. The molecule has 0 atom stereocenters. The van der Waals surface area contributed by atoms with Crippen molar-refractivity contribution in [2.24, 2.45) is 0 Å². The van der Waals surface area contributed by atoms with Crippen molar-refractivity contribution in [2.45, 2.75) is 0 Å². The number of anilines is 5. The number of carbonyl (C=O) groups is 1. The summed E-state index contributed by atoms with van der Waals surface area (Å²) < 4.78 is 18.0. The number of para-hydroxylation sites is 1. The van der Waals surface area contributed by atoms with Gasteiger partial charge in [-0.3, -0.25) is 4.79 Å². The van der Waals surface area contributed by atoms with Crippen molar-refractivity contribution in [1.82, 2.24) is 9.97 Å². The van der Waals surface area contributed by atoms with E-state index in [0.29, 0.717) is 39.0 Å². The third-order valence-electron chi connectivity index (χ3n) is 4.38. The number of methoxy groups -OCH3 is 1. The zero-order chi connectivity index (χ0) is 23.3. The van der Waals surface area contributed by atoms with Gasteiger partial charge in [0.15, 0.2) is 5.82 Å². The number of amides is 1. The highest BCUT2D eigenvalue weighted by molar-refractivity contribution is 7.70. The lowest BCUT2D eigenvalue weighted by Crippen LogP contribution is -2.11. The van der Waals surface area contributed by atoms with E-state index in [9.17, 15) is 9.36 Å². The van der Waals surface area contributed by atoms with Crippen molar-refractivity contribution in [2.75, 3.05) is 36.4 Å². The van der Waals surface area contributed by atoms with E-state index in [2.05, 4.69) is 32.5 Å². The monoisotopic (exact) mass is 471 g/mol. The van der Waals surface area contributed by atoms with E-state index in [1.807, 2.05) is 24.3 Å². The second kappa shape index (κ2) is 9.85. The average Bonchev–Trinajstić information content (AvgIpc) is 2.76. The lowest BCUT2D eigenvalue weighted by molar-refractivity contribution is -0.111. The predicted molar refractivity (Wildman–Crippen MR) is 131 cm³/mol. The van der Waals surface area contributed by atoms with Gasteiger partial charge in [0.05, 0.1) is 24.7 Å². The van der Waals surface area contributed by atoms with Crippen molar-refractivity contribution in [1.29, 1.82) is 0 Å². The summed E-state index contributed by atoms with van der Waals surface area (Å²) in [6.07, 6.45) is 2.63. The number of hydrogen-bond acceptors (Lipinski definition) is 7. The maximum atomic E-state index is 12.7. The molecule has 0 unspecified atom stereocenters. The zero-order valence-corrected chi connectivity index (χ0v) is 19.5. The first-order chi connectivity index (χ1) is 15.2. The molecule has 2 aromatic carbocycles. The van der Waals surface area contributed by atoms with Gasteiger partial charge in [0, 0.05) is 11.0 Å². The van der Waals surface area contributed by atoms with Crippen LogP contribution < -0.4 is 26.0 Å². The number of nitrogens with zero attached hydrogens (tertiary/aromatic N) is 2. The van der Waals surface area contributed by atoms with Crippen LogP contribution in [0.5, 0.6) is 5.75 Å². The molecule has 0 spiro atoms. The number of nitrogens with one attached hydrogen (secondary N) is 3. The quantitative estimate of drug-likeness (QED) is 0.313. The topological polar surface area (TPSA) is 105 Å². The van der Waals surface area contributed by atoms with Crippen LogP contribution in [0.15, 0.2) is 61.3 Å². The van der Waals surface area contributed by atoms with Crippen LogP contribution in [0, 0.1) is 0 Å². The van der Waals surface area contributed by atoms with E-state index in [-0.39, 0.29) is 11.9 Å². The van der Waals surface area contributed by atoms with Crippen LogP contribution in [0.2, 0.25) is 5.02 Å². The molecule has 0 saturated heterocycles. The molecule has 8 nitrogen and oxygen atoms in total. The minimum atomic E-state index is -2.53. The highest BCUT2D eigenvalue weighted by atomic mass is 35.5. The molecule has 3 rings (SSSR count). The Labute approximate surface area is 191 Å². The van der Waals surface area contributed by atoms with Crippen LogP contribution in [-0.2, 0) is 9.36 Å². The molecule has 0 saturated carbocycles. The van der Waals surface area contributed by atoms with Gasteiger partial charge in [-0.1, -0.05) is 30.3 Å². The fraction of sp³-hybridized carbons (Fsp3) is 0.136. The molecule has 166 valence electrons. The molecule has 3 aromatic rings. The van der Waals surface area contributed by atoms with E-state index >= 15 is 0 Å². The van der Waals surface area contributed by atoms with Crippen molar-refractivity contribution in [3.05, 3.63) is 66.3 Å².